The highest BCUT2D eigenvalue weighted by Crippen LogP contribution is 2.29. The average molecular weight is 450 g/mol. The van der Waals surface area contributed by atoms with Gasteiger partial charge in [-0.05, 0) is 62.2 Å². The largest absolute Gasteiger partial charge is 0.494 e. The fraction of sp³-hybridized carbons (Fsp3) is 0.320. The lowest BCUT2D eigenvalue weighted by atomic mass is 10.00. The van der Waals surface area contributed by atoms with Gasteiger partial charge in [0.25, 0.3) is 5.56 Å². The van der Waals surface area contributed by atoms with Crippen LogP contribution in [0.3, 0.4) is 0 Å². The summed E-state index contributed by atoms with van der Waals surface area (Å²) in [6.07, 6.45) is 6.60. The number of aromatic nitrogens is 2. The summed E-state index contributed by atoms with van der Waals surface area (Å²) in [5.74, 6) is -0.0328. The highest BCUT2D eigenvalue weighted by molar-refractivity contribution is 5.79. The summed E-state index contributed by atoms with van der Waals surface area (Å²) in [6, 6.07) is 6.63. The number of allylic oxidation sites excluding steroid dienone is 5. The number of hydrogen-bond acceptors (Lipinski definition) is 6. The first kappa shape index (κ1) is 24.0. The van der Waals surface area contributed by atoms with E-state index in [-0.39, 0.29) is 22.9 Å². The number of nitrogens with one attached hydrogen (secondary N) is 2. The highest BCUT2D eigenvalue weighted by atomic mass is 19.1. The lowest BCUT2D eigenvalue weighted by Crippen LogP contribution is -2.37. The lowest BCUT2D eigenvalue weighted by molar-refractivity contribution is 0.386. The van der Waals surface area contributed by atoms with Gasteiger partial charge >= 0.3 is 0 Å². The molecule has 2 heterocycles. The number of benzene rings is 1. The van der Waals surface area contributed by atoms with Crippen LogP contribution in [0.25, 0.3) is 16.7 Å². The molecule has 0 bridgehead atoms. The van der Waals surface area contributed by atoms with Crippen LogP contribution in [-0.2, 0) is 7.05 Å². The Balaban J connectivity index is 2.19. The fourth-order valence-corrected chi connectivity index (χ4v) is 3.69. The molecule has 3 rings (SSSR count). The highest BCUT2D eigenvalue weighted by Gasteiger charge is 2.21. The molecule has 8 heteroatoms. The number of hydrogen-bond donors (Lipinski definition) is 2. The van der Waals surface area contributed by atoms with Gasteiger partial charge in [-0.25, -0.2) is 9.37 Å². The van der Waals surface area contributed by atoms with Crippen molar-refractivity contribution < 1.29 is 9.13 Å². The zero-order chi connectivity index (χ0) is 24.0. The number of nitrogens with zero attached hydrogens (tertiary/aromatic N) is 3. The minimum absolute atomic E-state index is 0.0918. The molecule has 1 aliphatic heterocycles. The Morgan fingerprint density at radius 3 is 2.73 bits per heavy atom. The number of halogens is 1. The van der Waals surface area contributed by atoms with Gasteiger partial charge in [0, 0.05) is 13.1 Å². The summed E-state index contributed by atoms with van der Waals surface area (Å²) in [4.78, 5) is 18.3. The van der Waals surface area contributed by atoms with Crippen molar-refractivity contribution in [3.63, 3.8) is 0 Å². The third kappa shape index (κ3) is 5.38. The monoisotopic (exact) mass is 449 g/mol. The van der Waals surface area contributed by atoms with Crippen molar-refractivity contribution in [1.82, 2.24) is 14.9 Å². The number of methoxy groups -OCH3 is 1. The first-order chi connectivity index (χ1) is 15.9. The molecule has 1 aliphatic rings. The van der Waals surface area contributed by atoms with E-state index in [4.69, 9.17) is 9.72 Å². The number of rotatable bonds is 7. The smallest absolute Gasteiger partial charge is 0.263 e. The first-order valence-corrected chi connectivity index (χ1v) is 10.7. The van der Waals surface area contributed by atoms with Crippen LogP contribution in [0.2, 0.25) is 0 Å². The topological polar surface area (TPSA) is 92.0 Å². The van der Waals surface area contributed by atoms with Crippen LogP contribution < -0.4 is 20.9 Å². The summed E-state index contributed by atoms with van der Waals surface area (Å²) in [5.41, 5.74) is 1.81. The normalized spacial score (nSPS) is 15.1. The predicted octanol–water partition coefficient (Wildman–Crippen LogP) is 3.80. The molecule has 0 unspecified atom stereocenters. The van der Waals surface area contributed by atoms with E-state index in [0.717, 1.165) is 25.9 Å². The van der Waals surface area contributed by atoms with E-state index in [2.05, 4.69) is 17.2 Å². The van der Waals surface area contributed by atoms with E-state index in [0.29, 0.717) is 28.4 Å². The van der Waals surface area contributed by atoms with Crippen molar-refractivity contribution >= 4 is 11.5 Å². The van der Waals surface area contributed by atoms with Crippen LogP contribution in [0.5, 0.6) is 5.75 Å². The maximum Gasteiger partial charge on any atom is 0.263 e. The van der Waals surface area contributed by atoms with Crippen LogP contribution >= 0.6 is 0 Å². The molecule has 1 saturated heterocycles. The molecule has 1 aromatic heterocycles. The molecule has 0 radical (unpaired) electrons. The van der Waals surface area contributed by atoms with E-state index in [1.54, 1.807) is 32.2 Å². The van der Waals surface area contributed by atoms with Crippen molar-refractivity contribution in [3.8, 4) is 22.9 Å². The van der Waals surface area contributed by atoms with Crippen molar-refractivity contribution in [2.24, 2.45) is 7.05 Å². The van der Waals surface area contributed by atoms with Crippen LogP contribution in [-0.4, -0.2) is 35.8 Å². The Labute approximate surface area is 192 Å². The Bertz CT molecular complexity index is 1200. The molecule has 1 fully saturated rings. The van der Waals surface area contributed by atoms with Gasteiger partial charge in [0.1, 0.15) is 0 Å². The van der Waals surface area contributed by atoms with E-state index in [1.807, 2.05) is 6.07 Å². The lowest BCUT2D eigenvalue weighted by Gasteiger charge is -2.25. The zero-order valence-electron chi connectivity index (χ0n) is 19.1. The maximum absolute atomic E-state index is 14.5. The second-order valence-electron chi connectivity index (χ2n) is 7.83. The van der Waals surface area contributed by atoms with Gasteiger partial charge in [0.15, 0.2) is 11.6 Å². The van der Waals surface area contributed by atoms with Gasteiger partial charge in [0.05, 0.1) is 30.0 Å². The van der Waals surface area contributed by atoms with Crippen LogP contribution in [0.1, 0.15) is 25.5 Å². The number of piperidine rings is 1. The molecule has 1 aromatic carbocycles. The first-order valence-electron chi connectivity index (χ1n) is 10.7. The van der Waals surface area contributed by atoms with Crippen LogP contribution in [0.15, 0.2) is 53.4 Å². The standard InChI is InChI=1S/C25H28FN5O2/c1-5-17(15-27)7-6-16(2)23-22(18-8-9-21(33-4)20(26)14-18)24(32)31(3)25(30-23)29-19-10-12-28-13-11-19/h5-9,14,19,28H,1,10-13H2,2-4H3,(H,29,30)/b16-6+,17-7+. The summed E-state index contributed by atoms with van der Waals surface area (Å²) < 4.78 is 21.0. The van der Waals surface area contributed by atoms with Gasteiger partial charge in [-0.1, -0.05) is 24.8 Å². The third-order valence-electron chi connectivity index (χ3n) is 5.64. The average Bonchev–Trinajstić information content (AvgIpc) is 2.83. The van der Waals surface area contributed by atoms with Crippen LogP contribution in [0.4, 0.5) is 10.3 Å². The van der Waals surface area contributed by atoms with Crippen molar-refractivity contribution in [3.05, 3.63) is 70.4 Å². The van der Waals surface area contributed by atoms with E-state index in [1.165, 1.54) is 29.9 Å². The molecular formula is C25H28FN5O2. The molecule has 0 spiro atoms. The van der Waals surface area contributed by atoms with Gasteiger partial charge in [0.2, 0.25) is 5.95 Å². The Kier molecular flexibility index (Phi) is 7.80. The molecule has 0 saturated carbocycles. The Morgan fingerprint density at radius 2 is 2.12 bits per heavy atom. The summed E-state index contributed by atoms with van der Waals surface area (Å²) in [7, 11) is 3.04. The van der Waals surface area contributed by atoms with Crippen LogP contribution in [0, 0.1) is 17.1 Å². The van der Waals surface area contributed by atoms with Crippen molar-refractivity contribution in [2.45, 2.75) is 25.8 Å². The molecule has 0 amide bonds. The number of anilines is 1. The summed E-state index contributed by atoms with van der Waals surface area (Å²) >= 11 is 0. The molecule has 172 valence electrons. The fourth-order valence-electron chi connectivity index (χ4n) is 3.69. The number of ether oxygens (including phenoxy) is 1. The van der Waals surface area contributed by atoms with E-state index in [9.17, 15) is 14.4 Å². The molecule has 2 N–H and O–H groups in total. The molecule has 33 heavy (non-hydrogen) atoms. The van der Waals surface area contributed by atoms with Gasteiger partial charge in [-0.2, -0.15) is 5.26 Å². The predicted molar refractivity (Wildman–Crippen MR) is 128 cm³/mol. The zero-order valence-corrected chi connectivity index (χ0v) is 19.1. The Hall–Kier alpha value is -3.70. The van der Waals surface area contributed by atoms with E-state index >= 15 is 0 Å². The maximum atomic E-state index is 14.5. The summed E-state index contributed by atoms with van der Waals surface area (Å²) in [6.45, 7) is 7.21. The van der Waals surface area contributed by atoms with Crippen molar-refractivity contribution in [2.75, 3.05) is 25.5 Å². The molecule has 0 aliphatic carbocycles. The molecule has 7 nitrogen and oxygen atoms in total. The van der Waals surface area contributed by atoms with Gasteiger partial charge in [-0.3, -0.25) is 9.36 Å². The van der Waals surface area contributed by atoms with Gasteiger partial charge in [-0.15, -0.1) is 0 Å². The minimum atomic E-state index is -0.570. The second kappa shape index (κ2) is 10.7. The quantitative estimate of drug-likeness (QED) is 0.494. The minimum Gasteiger partial charge on any atom is -0.494 e. The summed E-state index contributed by atoms with van der Waals surface area (Å²) in [5, 5.41) is 15.9. The molecule has 0 atom stereocenters. The van der Waals surface area contributed by atoms with E-state index < -0.39 is 5.82 Å². The third-order valence-corrected chi connectivity index (χ3v) is 5.64. The molecule has 2 aromatic rings. The SMILES string of the molecule is C=C/C(C#N)=C\C=C(/C)c1nc(NC2CCNCC2)n(C)c(=O)c1-c1ccc(OC)c(F)c1. The van der Waals surface area contributed by atoms with Gasteiger partial charge < -0.3 is 15.4 Å². The Morgan fingerprint density at radius 1 is 1.39 bits per heavy atom. The van der Waals surface area contributed by atoms with Crippen molar-refractivity contribution in [1.29, 1.82) is 5.26 Å². The number of nitriles is 1. The second-order valence-corrected chi connectivity index (χ2v) is 7.83. The molecular weight excluding hydrogens is 421 g/mol.